The van der Waals surface area contributed by atoms with Crippen LogP contribution in [-0.4, -0.2) is 26.3 Å². The zero-order valence-corrected chi connectivity index (χ0v) is 13.0. The van der Waals surface area contributed by atoms with Gasteiger partial charge in [0.1, 0.15) is 0 Å². The molecule has 1 N–H and O–H groups in total. The van der Waals surface area contributed by atoms with Gasteiger partial charge in [-0.2, -0.15) is 13.2 Å². The normalized spacial score (nSPS) is 26.1. The van der Waals surface area contributed by atoms with Crippen LogP contribution in [-0.2, 0) is 26.7 Å². The Balaban J connectivity index is 1.66. The molecule has 1 fully saturated rings. The molecule has 0 unspecified atom stereocenters. The van der Waals surface area contributed by atoms with E-state index in [1.807, 2.05) is 24.3 Å². The van der Waals surface area contributed by atoms with Gasteiger partial charge in [-0.15, -0.1) is 0 Å². The highest BCUT2D eigenvalue weighted by Crippen LogP contribution is 2.61. The van der Waals surface area contributed by atoms with Crippen molar-refractivity contribution >= 4 is 15.9 Å². The number of sulfonamides is 1. The van der Waals surface area contributed by atoms with Gasteiger partial charge in [0.15, 0.2) is 0 Å². The first-order valence-corrected chi connectivity index (χ1v) is 8.98. The summed E-state index contributed by atoms with van der Waals surface area (Å²) in [5.74, 6) is -2.30. The van der Waals surface area contributed by atoms with E-state index in [4.69, 9.17) is 0 Å². The Kier molecular flexibility index (Phi) is 3.70. The number of alkyl halides is 3. The molecule has 0 aliphatic heterocycles. The first-order chi connectivity index (χ1) is 10.6. The number of nitrogens with one attached hydrogen (secondary N) is 1. The molecule has 1 aromatic carbocycles. The molecule has 0 bridgehead atoms. The SMILES string of the molecule is O=C(NS(=O)(=O)CCC(F)(F)F)[C@@H]1C[C@]12CCc1ccccc12. The van der Waals surface area contributed by atoms with E-state index < -0.39 is 40.2 Å². The maximum Gasteiger partial charge on any atom is 0.390 e. The van der Waals surface area contributed by atoms with Gasteiger partial charge in [0.05, 0.1) is 12.2 Å². The average molecular weight is 347 g/mol. The Hall–Kier alpha value is -1.57. The number of hydrogen-bond acceptors (Lipinski definition) is 3. The third-order valence-corrected chi connectivity index (χ3v) is 5.95. The number of amides is 1. The van der Waals surface area contributed by atoms with Crippen molar-refractivity contribution in [3.8, 4) is 0 Å². The minimum atomic E-state index is -4.57. The molecule has 3 rings (SSSR count). The summed E-state index contributed by atoms with van der Waals surface area (Å²) in [6.45, 7) is 0. The highest BCUT2D eigenvalue weighted by molar-refractivity contribution is 7.90. The van der Waals surface area contributed by atoms with Crippen molar-refractivity contribution in [3.63, 3.8) is 0 Å². The van der Waals surface area contributed by atoms with Crippen molar-refractivity contribution in [2.24, 2.45) is 5.92 Å². The van der Waals surface area contributed by atoms with Crippen LogP contribution >= 0.6 is 0 Å². The van der Waals surface area contributed by atoms with Gasteiger partial charge in [0.25, 0.3) is 0 Å². The lowest BCUT2D eigenvalue weighted by Gasteiger charge is -2.12. The van der Waals surface area contributed by atoms with E-state index in [9.17, 15) is 26.4 Å². The van der Waals surface area contributed by atoms with E-state index in [0.29, 0.717) is 6.42 Å². The molecule has 8 heteroatoms. The number of rotatable bonds is 4. The van der Waals surface area contributed by atoms with Crippen LogP contribution in [0.15, 0.2) is 24.3 Å². The van der Waals surface area contributed by atoms with Crippen molar-refractivity contribution in [1.82, 2.24) is 4.72 Å². The van der Waals surface area contributed by atoms with Crippen LogP contribution in [0.1, 0.15) is 30.4 Å². The molecule has 1 spiro atoms. The van der Waals surface area contributed by atoms with Crippen LogP contribution in [0.4, 0.5) is 13.2 Å². The maximum atomic E-state index is 12.1. The molecule has 126 valence electrons. The molecule has 1 amide bonds. The average Bonchev–Trinajstić information content (AvgIpc) is 3.07. The fourth-order valence-electron chi connectivity index (χ4n) is 3.46. The quantitative estimate of drug-likeness (QED) is 0.909. The third kappa shape index (κ3) is 3.22. The summed E-state index contributed by atoms with van der Waals surface area (Å²) in [7, 11) is -4.26. The number of hydrogen-bond donors (Lipinski definition) is 1. The molecule has 0 saturated heterocycles. The predicted octanol–water partition coefficient (Wildman–Crippen LogP) is 2.29. The first kappa shape index (κ1) is 16.3. The van der Waals surface area contributed by atoms with Crippen LogP contribution in [0.25, 0.3) is 0 Å². The van der Waals surface area contributed by atoms with Crippen molar-refractivity contribution < 1.29 is 26.4 Å². The number of benzene rings is 1. The van der Waals surface area contributed by atoms with Gasteiger partial charge >= 0.3 is 6.18 Å². The molecule has 0 radical (unpaired) electrons. The Morgan fingerprint density at radius 1 is 1.30 bits per heavy atom. The second kappa shape index (κ2) is 5.22. The monoisotopic (exact) mass is 347 g/mol. The molecule has 0 heterocycles. The highest BCUT2D eigenvalue weighted by atomic mass is 32.2. The Morgan fingerprint density at radius 3 is 2.70 bits per heavy atom. The minimum absolute atomic E-state index is 0.333. The second-order valence-corrected chi connectivity index (χ2v) is 8.06. The van der Waals surface area contributed by atoms with E-state index in [2.05, 4.69) is 0 Å². The smallest absolute Gasteiger partial charge is 0.274 e. The van der Waals surface area contributed by atoms with E-state index in [1.165, 1.54) is 0 Å². The number of fused-ring (bicyclic) bond motifs is 2. The van der Waals surface area contributed by atoms with E-state index in [0.717, 1.165) is 24.0 Å². The van der Waals surface area contributed by atoms with Crippen molar-refractivity contribution in [1.29, 1.82) is 0 Å². The van der Waals surface area contributed by atoms with Gasteiger partial charge in [-0.25, -0.2) is 8.42 Å². The van der Waals surface area contributed by atoms with Crippen molar-refractivity contribution in [2.45, 2.75) is 37.3 Å². The second-order valence-electron chi connectivity index (χ2n) is 6.22. The summed E-state index contributed by atoms with van der Waals surface area (Å²) in [6.07, 6.45) is -3.88. The molecule has 2 atom stereocenters. The molecule has 0 aromatic heterocycles. The van der Waals surface area contributed by atoms with Crippen LogP contribution in [0.2, 0.25) is 0 Å². The summed E-state index contributed by atoms with van der Waals surface area (Å²) < 4.78 is 61.4. The molecular formula is C15H16F3NO3S. The maximum absolute atomic E-state index is 12.1. The standard InChI is InChI=1S/C15H16F3NO3S/c16-15(17,18)7-8-23(21,22)19-13(20)12-9-14(12)6-5-10-3-1-2-4-11(10)14/h1-4,12H,5-9H2,(H,19,20)/t12-,14-/m0/s1. The number of aryl methyl sites for hydroxylation is 1. The third-order valence-electron chi connectivity index (χ3n) is 4.70. The summed E-state index contributed by atoms with van der Waals surface area (Å²) >= 11 is 0. The molecule has 2 aliphatic carbocycles. The van der Waals surface area contributed by atoms with Crippen LogP contribution in [0.3, 0.4) is 0 Å². The van der Waals surface area contributed by atoms with E-state index in [1.54, 1.807) is 4.72 Å². The van der Waals surface area contributed by atoms with Gasteiger partial charge in [0, 0.05) is 11.3 Å². The largest absolute Gasteiger partial charge is 0.390 e. The molecule has 1 saturated carbocycles. The van der Waals surface area contributed by atoms with Crippen LogP contribution in [0.5, 0.6) is 0 Å². The summed E-state index contributed by atoms with van der Waals surface area (Å²) in [4.78, 5) is 12.1. The fraction of sp³-hybridized carbons (Fsp3) is 0.533. The molecule has 1 aromatic rings. The topological polar surface area (TPSA) is 63.2 Å². The molecule has 2 aliphatic rings. The Bertz CT molecular complexity index is 745. The fourth-order valence-corrected chi connectivity index (χ4v) is 4.52. The van der Waals surface area contributed by atoms with Gasteiger partial charge in [-0.05, 0) is 30.4 Å². The zero-order chi connectivity index (χ0) is 16.9. The lowest BCUT2D eigenvalue weighted by molar-refractivity contribution is -0.130. The molecular weight excluding hydrogens is 331 g/mol. The highest BCUT2D eigenvalue weighted by Gasteiger charge is 2.61. The van der Waals surface area contributed by atoms with Gasteiger partial charge in [-0.3, -0.25) is 9.52 Å². The zero-order valence-electron chi connectivity index (χ0n) is 12.2. The Labute approximate surface area is 132 Å². The Morgan fingerprint density at radius 2 is 2.00 bits per heavy atom. The van der Waals surface area contributed by atoms with Crippen LogP contribution < -0.4 is 4.72 Å². The number of carbonyl (C=O) groups excluding carboxylic acids is 1. The van der Waals surface area contributed by atoms with E-state index in [-0.39, 0.29) is 5.41 Å². The van der Waals surface area contributed by atoms with Crippen molar-refractivity contribution in [3.05, 3.63) is 35.4 Å². The molecule has 23 heavy (non-hydrogen) atoms. The molecule has 4 nitrogen and oxygen atoms in total. The minimum Gasteiger partial charge on any atom is -0.274 e. The summed E-state index contributed by atoms with van der Waals surface area (Å²) in [5, 5.41) is 0. The number of carbonyl (C=O) groups is 1. The van der Waals surface area contributed by atoms with Gasteiger partial charge < -0.3 is 0 Å². The van der Waals surface area contributed by atoms with Crippen LogP contribution in [0, 0.1) is 5.92 Å². The lowest BCUT2D eigenvalue weighted by atomic mass is 9.95. The van der Waals surface area contributed by atoms with Gasteiger partial charge in [-0.1, -0.05) is 24.3 Å². The van der Waals surface area contributed by atoms with Gasteiger partial charge in [0.2, 0.25) is 15.9 Å². The summed E-state index contributed by atoms with van der Waals surface area (Å²) in [5.41, 5.74) is 1.89. The van der Waals surface area contributed by atoms with E-state index >= 15 is 0 Å². The number of halogens is 3. The predicted molar refractivity (Wildman–Crippen MR) is 77.1 cm³/mol. The first-order valence-electron chi connectivity index (χ1n) is 7.32. The summed E-state index contributed by atoms with van der Waals surface area (Å²) in [6, 6.07) is 7.71. The lowest BCUT2D eigenvalue weighted by Crippen LogP contribution is -2.36. The van der Waals surface area contributed by atoms with Crippen molar-refractivity contribution in [2.75, 3.05) is 5.75 Å².